The summed E-state index contributed by atoms with van der Waals surface area (Å²) in [5, 5.41) is 21.6. The Morgan fingerprint density at radius 1 is 1.10 bits per heavy atom. The molecule has 0 aliphatic carbocycles. The fraction of sp³-hybridized carbons (Fsp3) is 0.0435. The van der Waals surface area contributed by atoms with E-state index in [1.54, 1.807) is 36.4 Å². The normalized spacial score (nSPS) is 10.8. The molecule has 3 rings (SSSR count). The first-order valence-electron chi connectivity index (χ1n) is 8.73. The molecule has 2 N–H and O–H groups in total. The van der Waals surface area contributed by atoms with Crippen LogP contribution < -0.4 is 10.1 Å². The summed E-state index contributed by atoms with van der Waals surface area (Å²) >= 11 is 1.98. The number of nitrogens with zero attached hydrogens (tertiary/aromatic N) is 1. The van der Waals surface area contributed by atoms with Crippen LogP contribution in [0.25, 0.3) is 6.08 Å². The van der Waals surface area contributed by atoms with Gasteiger partial charge in [0.1, 0.15) is 29.7 Å². The van der Waals surface area contributed by atoms with Crippen LogP contribution in [0.1, 0.15) is 11.1 Å². The Balaban J connectivity index is 1.63. The number of phenolic OH excluding ortho intramolecular Hbond substituents is 1. The number of nitriles is 1. The molecule has 0 aromatic heterocycles. The minimum atomic E-state index is -0.506. The third-order valence-corrected chi connectivity index (χ3v) is 4.87. The number of amides is 1. The Morgan fingerprint density at radius 2 is 1.83 bits per heavy atom. The summed E-state index contributed by atoms with van der Waals surface area (Å²) in [5.74, 6) is 0.329. The molecule has 0 saturated heterocycles. The van der Waals surface area contributed by atoms with Crippen molar-refractivity contribution in [2.24, 2.45) is 0 Å². The topological polar surface area (TPSA) is 82.3 Å². The first-order valence-corrected chi connectivity index (χ1v) is 9.81. The summed E-state index contributed by atoms with van der Waals surface area (Å²) in [6, 6.07) is 23.6. The fourth-order valence-electron chi connectivity index (χ4n) is 2.50. The highest BCUT2D eigenvalue weighted by atomic mass is 127. The highest BCUT2D eigenvalue weighted by Gasteiger charge is 2.10. The van der Waals surface area contributed by atoms with Gasteiger partial charge in [-0.05, 0) is 76.2 Å². The molecule has 3 aromatic rings. The van der Waals surface area contributed by atoms with Gasteiger partial charge < -0.3 is 15.2 Å². The van der Waals surface area contributed by atoms with Crippen LogP contribution in [0.3, 0.4) is 0 Å². The number of halogens is 1. The Morgan fingerprint density at radius 3 is 2.48 bits per heavy atom. The first kappa shape index (κ1) is 20.4. The van der Waals surface area contributed by atoms with Crippen LogP contribution in [0, 0.1) is 14.9 Å². The van der Waals surface area contributed by atoms with Gasteiger partial charge in [-0.3, -0.25) is 4.79 Å². The monoisotopic (exact) mass is 496 g/mol. The standard InChI is InChI=1S/C23H17IN2O3/c24-21-13-17(6-11-22(21)27)12-18(14-25)23(28)26-19-7-9-20(10-8-19)29-15-16-4-2-1-3-5-16/h1-13,27H,15H2,(H,26,28)/b18-12+. The molecule has 0 unspecified atom stereocenters. The molecule has 0 heterocycles. The number of carbonyl (C=O) groups is 1. The average molecular weight is 496 g/mol. The quantitative estimate of drug-likeness (QED) is 0.282. The lowest BCUT2D eigenvalue weighted by molar-refractivity contribution is -0.112. The Hall–Kier alpha value is -3.31. The predicted octanol–water partition coefficient (Wildman–Crippen LogP) is 5.12. The molecule has 3 aromatic carbocycles. The molecule has 0 spiro atoms. The van der Waals surface area contributed by atoms with Gasteiger partial charge in [0.2, 0.25) is 0 Å². The molecule has 144 valence electrons. The van der Waals surface area contributed by atoms with Crippen LogP contribution in [0.4, 0.5) is 5.69 Å². The third-order valence-electron chi connectivity index (χ3n) is 4.01. The lowest BCUT2D eigenvalue weighted by Crippen LogP contribution is -2.13. The van der Waals surface area contributed by atoms with Gasteiger partial charge in [-0.2, -0.15) is 5.26 Å². The van der Waals surface area contributed by atoms with E-state index < -0.39 is 5.91 Å². The van der Waals surface area contributed by atoms with Crippen molar-refractivity contribution >= 4 is 40.3 Å². The maximum absolute atomic E-state index is 12.4. The van der Waals surface area contributed by atoms with Crippen molar-refractivity contribution in [1.29, 1.82) is 5.26 Å². The van der Waals surface area contributed by atoms with E-state index in [0.29, 0.717) is 27.2 Å². The molecular weight excluding hydrogens is 479 g/mol. The van der Waals surface area contributed by atoms with E-state index in [4.69, 9.17) is 4.74 Å². The van der Waals surface area contributed by atoms with Crippen molar-refractivity contribution in [3.05, 3.63) is 93.1 Å². The van der Waals surface area contributed by atoms with E-state index in [0.717, 1.165) is 5.56 Å². The summed E-state index contributed by atoms with van der Waals surface area (Å²) in [7, 11) is 0. The molecule has 0 saturated carbocycles. The minimum absolute atomic E-state index is 0.0316. The third kappa shape index (κ3) is 5.83. The largest absolute Gasteiger partial charge is 0.507 e. The Kier molecular flexibility index (Phi) is 6.87. The molecule has 0 bridgehead atoms. The number of aromatic hydroxyl groups is 1. The molecule has 6 heteroatoms. The molecule has 0 atom stereocenters. The lowest BCUT2D eigenvalue weighted by atomic mass is 10.1. The van der Waals surface area contributed by atoms with Crippen LogP contribution in [0.5, 0.6) is 11.5 Å². The molecule has 0 fully saturated rings. The Labute approximate surface area is 182 Å². The number of benzene rings is 3. The second-order valence-electron chi connectivity index (χ2n) is 6.13. The number of hydrogen-bond donors (Lipinski definition) is 2. The predicted molar refractivity (Wildman–Crippen MR) is 120 cm³/mol. The van der Waals surface area contributed by atoms with Crippen molar-refractivity contribution in [3.8, 4) is 17.6 Å². The Bertz CT molecular complexity index is 1070. The van der Waals surface area contributed by atoms with Gasteiger partial charge >= 0.3 is 0 Å². The molecule has 1 amide bonds. The van der Waals surface area contributed by atoms with Gasteiger partial charge in [0.05, 0.1) is 3.57 Å². The number of carbonyl (C=O) groups excluding carboxylic acids is 1. The SMILES string of the molecule is N#C/C(=C\c1ccc(O)c(I)c1)C(=O)Nc1ccc(OCc2ccccc2)cc1. The fourth-order valence-corrected chi connectivity index (χ4v) is 3.04. The molecule has 29 heavy (non-hydrogen) atoms. The second kappa shape index (κ2) is 9.75. The number of nitrogens with one attached hydrogen (secondary N) is 1. The number of hydrogen-bond acceptors (Lipinski definition) is 4. The van der Waals surface area contributed by atoms with Crippen molar-refractivity contribution < 1.29 is 14.6 Å². The maximum atomic E-state index is 12.4. The van der Waals surface area contributed by atoms with Crippen LogP contribution in [0.2, 0.25) is 0 Å². The number of ether oxygens (including phenoxy) is 1. The van der Waals surface area contributed by atoms with Crippen LogP contribution in [-0.4, -0.2) is 11.0 Å². The second-order valence-corrected chi connectivity index (χ2v) is 7.30. The van der Waals surface area contributed by atoms with E-state index in [1.807, 2.05) is 59.0 Å². The number of anilines is 1. The highest BCUT2D eigenvalue weighted by Crippen LogP contribution is 2.22. The van der Waals surface area contributed by atoms with Crippen LogP contribution in [-0.2, 0) is 11.4 Å². The molecule has 0 radical (unpaired) electrons. The molecule has 5 nitrogen and oxygen atoms in total. The summed E-state index contributed by atoms with van der Waals surface area (Å²) < 4.78 is 6.36. The van der Waals surface area contributed by atoms with Gasteiger partial charge in [-0.1, -0.05) is 36.4 Å². The smallest absolute Gasteiger partial charge is 0.266 e. The van der Waals surface area contributed by atoms with E-state index in [1.165, 1.54) is 12.1 Å². The first-order chi connectivity index (χ1) is 14.0. The zero-order valence-electron chi connectivity index (χ0n) is 15.3. The number of phenols is 1. The van der Waals surface area contributed by atoms with Gasteiger partial charge in [-0.25, -0.2) is 0 Å². The van der Waals surface area contributed by atoms with Gasteiger partial charge in [-0.15, -0.1) is 0 Å². The van der Waals surface area contributed by atoms with E-state index >= 15 is 0 Å². The molecule has 0 aliphatic heterocycles. The van der Waals surface area contributed by atoms with Crippen molar-refractivity contribution in [1.82, 2.24) is 0 Å². The number of rotatable bonds is 6. The summed E-state index contributed by atoms with van der Waals surface area (Å²) in [5.41, 5.74) is 2.25. The molecule has 0 aliphatic rings. The lowest BCUT2D eigenvalue weighted by Gasteiger charge is -2.08. The summed E-state index contributed by atoms with van der Waals surface area (Å²) in [6.07, 6.45) is 1.48. The van der Waals surface area contributed by atoms with Crippen LogP contribution >= 0.6 is 22.6 Å². The zero-order chi connectivity index (χ0) is 20.6. The van der Waals surface area contributed by atoms with E-state index in [9.17, 15) is 15.2 Å². The van der Waals surface area contributed by atoms with Gasteiger partial charge in [0.15, 0.2) is 0 Å². The van der Waals surface area contributed by atoms with E-state index in [-0.39, 0.29) is 11.3 Å². The van der Waals surface area contributed by atoms with Crippen LogP contribution in [0.15, 0.2) is 78.4 Å². The van der Waals surface area contributed by atoms with Crippen molar-refractivity contribution in [2.75, 3.05) is 5.32 Å². The van der Waals surface area contributed by atoms with Crippen molar-refractivity contribution in [2.45, 2.75) is 6.61 Å². The van der Waals surface area contributed by atoms with E-state index in [2.05, 4.69) is 5.32 Å². The van der Waals surface area contributed by atoms with Gasteiger partial charge in [0.25, 0.3) is 5.91 Å². The highest BCUT2D eigenvalue weighted by molar-refractivity contribution is 14.1. The summed E-state index contributed by atoms with van der Waals surface area (Å²) in [6.45, 7) is 0.458. The van der Waals surface area contributed by atoms with Gasteiger partial charge in [0, 0.05) is 5.69 Å². The average Bonchev–Trinajstić information content (AvgIpc) is 2.74. The zero-order valence-corrected chi connectivity index (χ0v) is 17.5. The maximum Gasteiger partial charge on any atom is 0.266 e. The summed E-state index contributed by atoms with van der Waals surface area (Å²) in [4.78, 5) is 12.4. The van der Waals surface area contributed by atoms with Crippen molar-refractivity contribution in [3.63, 3.8) is 0 Å². The molecular formula is C23H17IN2O3. The minimum Gasteiger partial charge on any atom is -0.507 e.